The van der Waals surface area contributed by atoms with Gasteiger partial charge in [0.2, 0.25) is 0 Å². The summed E-state index contributed by atoms with van der Waals surface area (Å²) in [5.41, 5.74) is 12.9. The molecule has 3 heterocycles. The highest BCUT2D eigenvalue weighted by Crippen LogP contribution is 2.38. The molecule has 0 aliphatic heterocycles. The third-order valence-corrected chi connectivity index (χ3v) is 9.06. The molecule has 5 nitrogen and oxygen atoms in total. The number of rotatable bonds is 7. The van der Waals surface area contributed by atoms with Crippen LogP contribution in [0.4, 0.5) is 0 Å². The van der Waals surface area contributed by atoms with Crippen LogP contribution >= 0.6 is 0 Å². The lowest BCUT2D eigenvalue weighted by atomic mass is 9.93. The Labute approximate surface area is 271 Å². The molecule has 0 radical (unpaired) electrons. The molecule has 7 rings (SSSR count). The van der Waals surface area contributed by atoms with Crippen LogP contribution in [0.1, 0.15) is 60.3 Å². The van der Waals surface area contributed by atoms with Crippen LogP contribution in [0.5, 0.6) is 11.5 Å². The van der Waals surface area contributed by atoms with Crippen molar-refractivity contribution < 1.29 is 4.74 Å². The molecule has 0 aliphatic carbocycles. The zero-order chi connectivity index (χ0) is 32.1. The Morgan fingerprint density at radius 3 is 2.22 bits per heavy atom. The molecule has 0 amide bonds. The summed E-state index contributed by atoms with van der Waals surface area (Å²) in [7, 11) is 0. The van der Waals surface area contributed by atoms with E-state index in [2.05, 4.69) is 143 Å². The summed E-state index contributed by atoms with van der Waals surface area (Å²) < 4.78 is 11.1. The Kier molecular flexibility index (Phi) is 7.48. The molecule has 0 spiro atoms. The molecule has 230 valence electrons. The van der Waals surface area contributed by atoms with E-state index >= 15 is 0 Å². The van der Waals surface area contributed by atoms with Crippen molar-refractivity contribution in [1.82, 2.24) is 19.3 Å². The van der Waals surface area contributed by atoms with Gasteiger partial charge >= 0.3 is 0 Å². The van der Waals surface area contributed by atoms with Gasteiger partial charge in [-0.05, 0) is 110 Å². The lowest BCUT2D eigenvalue weighted by Crippen LogP contribution is -2.04. The number of fused-ring (bicyclic) bond motifs is 3. The molecule has 5 heteroatoms. The molecular formula is C41H40N4O. The minimum Gasteiger partial charge on any atom is -0.457 e. The van der Waals surface area contributed by atoms with Crippen molar-refractivity contribution in [1.29, 1.82) is 0 Å². The Morgan fingerprint density at radius 2 is 1.48 bits per heavy atom. The van der Waals surface area contributed by atoms with Gasteiger partial charge in [0, 0.05) is 34.7 Å². The Hall–Kier alpha value is -5.16. The van der Waals surface area contributed by atoms with E-state index in [1.807, 2.05) is 12.3 Å². The first-order valence-corrected chi connectivity index (χ1v) is 16.2. The standard InChI is InChI=1S/C41H40N4O/c1-8-36-41(40-27(5)12-11-13-28(40)6)29(7)43-45(36)31-21-30(25(2)3)22-33(23-31)46-32-16-17-35-34-14-9-10-15-37(34)44(38(35)24-32)39-20-26(4)18-19-42-39/h9-25H,8H2,1-7H3. The smallest absolute Gasteiger partial charge is 0.137 e. The first-order valence-electron chi connectivity index (χ1n) is 16.2. The molecule has 3 aromatic heterocycles. The lowest BCUT2D eigenvalue weighted by Gasteiger charge is -2.16. The van der Waals surface area contributed by atoms with Gasteiger partial charge in [-0.15, -0.1) is 0 Å². The van der Waals surface area contributed by atoms with Gasteiger partial charge in [-0.25, -0.2) is 9.67 Å². The predicted octanol–water partition coefficient (Wildman–Crippen LogP) is 10.7. The number of para-hydroxylation sites is 1. The number of hydrogen-bond acceptors (Lipinski definition) is 3. The summed E-state index contributed by atoms with van der Waals surface area (Å²) in [5.74, 6) is 2.79. The molecule has 4 aromatic carbocycles. The number of pyridine rings is 1. The fourth-order valence-electron chi connectivity index (χ4n) is 6.81. The van der Waals surface area contributed by atoms with E-state index in [1.165, 1.54) is 49.8 Å². The van der Waals surface area contributed by atoms with Crippen molar-refractivity contribution in [2.45, 2.75) is 60.8 Å². The van der Waals surface area contributed by atoms with Crippen molar-refractivity contribution >= 4 is 21.8 Å². The van der Waals surface area contributed by atoms with Crippen molar-refractivity contribution in [3.8, 4) is 34.1 Å². The average molecular weight is 605 g/mol. The van der Waals surface area contributed by atoms with Gasteiger partial charge in [-0.3, -0.25) is 4.57 Å². The number of hydrogen-bond donors (Lipinski definition) is 0. The van der Waals surface area contributed by atoms with Crippen LogP contribution in [-0.4, -0.2) is 19.3 Å². The number of aromatic nitrogens is 4. The van der Waals surface area contributed by atoms with Crippen LogP contribution < -0.4 is 4.74 Å². The fourth-order valence-corrected chi connectivity index (χ4v) is 6.81. The summed E-state index contributed by atoms with van der Waals surface area (Å²) in [5, 5.41) is 7.49. The number of benzene rings is 4. The van der Waals surface area contributed by atoms with E-state index in [4.69, 9.17) is 14.8 Å². The van der Waals surface area contributed by atoms with Crippen LogP contribution in [-0.2, 0) is 6.42 Å². The summed E-state index contributed by atoms with van der Waals surface area (Å²) in [6.07, 6.45) is 2.73. The summed E-state index contributed by atoms with van der Waals surface area (Å²) in [6, 6.07) is 32.1. The Morgan fingerprint density at radius 1 is 0.717 bits per heavy atom. The van der Waals surface area contributed by atoms with Crippen LogP contribution in [0.2, 0.25) is 0 Å². The first kappa shape index (κ1) is 29.5. The third-order valence-electron chi connectivity index (χ3n) is 9.06. The van der Waals surface area contributed by atoms with Crippen LogP contribution in [0.25, 0.3) is 44.4 Å². The summed E-state index contributed by atoms with van der Waals surface area (Å²) in [4.78, 5) is 4.74. The maximum atomic E-state index is 6.71. The highest BCUT2D eigenvalue weighted by molar-refractivity contribution is 6.09. The van der Waals surface area contributed by atoms with Gasteiger partial charge < -0.3 is 4.74 Å². The zero-order valence-electron chi connectivity index (χ0n) is 27.7. The molecule has 0 bridgehead atoms. The van der Waals surface area contributed by atoms with Gasteiger partial charge in [0.25, 0.3) is 0 Å². The second kappa shape index (κ2) is 11.6. The summed E-state index contributed by atoms with van der Waals surface area (Å²) in [6.45, 7) is 15.3. The molecule has 46 heavy (non-hydrogen) atoms. The molecular weight excluding hydrogens is 564 g/mol. The van der Waals surface area contributed by atoms with E-state index in [0.717, 1.165) is 46.2 Å². The van der Waals surface area contributed by atoms with Crippen molar-refractivity contribution in [2.24, 2.45) is 0 Å². The van der Waals surface area contributed by atoms with Gasteiger partial charge in [-0.1, -0.05) is 57.2 Å². The molecule has 0 saturated carbocycles. The van der Waals surface area contributed by atoms with Gasteiger partial charge in [-0.2, -0.15) is 5.10 Å². The quantitative estimate of drug-likeness (QED) is 0.182. The molecule has 7 aromatic rings. The van der Waals surface area contributed by atoms with Crippen LogP contribution in [0.3, 0.4) is 0 Å². The SMILES string of the molecule is CCc1c(-c2c(C)cccc2C)c(C)nn1-c1cc(Oc2ccc3c4ccccc4n(-c4cc(C)ccn4)c3c2)cc(C(C)C)c1. The monoisotopic (exact) mass is 604 g/mol. The van der Waals surface area contributed by atoms with E-state index in [1.54, 1.807) is 0 Å². The maximum Gasteiger partial charge on any atom is 0.137 e. The second-order valence-electron chi connectivity index (χ2n) is 12.7. The van der Waals surface area contributed by atoms with E-state index in [9.17, 15) is 0 Å². The average Bonchev–Trinajstić information content (AvgIpc) is 3.54. The van der Waals surface area contributed by atoms with E-state index < -0.39 is 0 Å². The molecule has 0 fully saturated rings. The molecule has 0 N–H and O–H groups in total. The number of nitrogens with zero attached hydrogens (tertiary/aromatic N) is 4. The first-order chi connectivity index (χ1) is 22.2. The lowest BCUT2D eigenvalue weighted by molar-refractivity contribution is 0.481. The topological polar surface area (TPSA) is 44.9 Å². The highest BCUT2D eigenvalue weighted by atomic mass is 16.5. The minimum absolute atomic E-state index is 0.319. The normalized spacial score (nSPS) is 11.7. The number of ether oxygens (including phenoxy) is 1. The largest absolute Gasteiger partial charge is 0.457 e. The van der Waals surface area contributed by atoms with Gasteiger partial charge in [0.05, 0.1) is 28.1 Å². The highest BCUT2D eigenvalue weighted by Gasteiger charge is 2.21. The van der Waals surface area contributed by atoms with Crippen LogP contribution in [0.15, 0.2) is 97.2 Å². The van der Waals surface area contributed by atoms with Gasteiger partial charge in [0.15, 0.2) is 0 Å². The molecule has 0 unspecified atom stereocenters. The number of aryl methyl sites for hydroxylation is 4. The second-order valence-corrected chi connectivity index (χ2v) is 12.7. The Bertz CT molecular complexity index is 2230. The molecule has 0 atom stereocenters. The maximum absolute atomic E-state index is 6.71. The zero-order valence-corrected chi connectivity index (χ0v) is 27.7. The van der Waals surface area contributed by atoms with Gasteiger partial charge in [0.1, 0.15) is 17.3 Å². The fraction of sp³-hybridized carbons (Fsp3) is 0.220. The van der Waals surface area contributed by atoms with E-state index in [0.29, 0.717) is 5.92 Å². The summed E-state index contributed by atoms with van der Waals surface area (Å²) >= 11 is 0. The van der Waals surface area contributed by atoms with Crippen molar-refractivity contribution in [2.75, 3.05) is 0 Å². The molecule has 0 saturated heterocycles. The van der Waals surface area contributed by atoms with Crippen LogP contribution in [0, 0.1) is 27.7 Å². The Balaban J connectivity index is 1.36. The van der Waals surface area contributed by atoms with Crippen molar-refractivity contribution in [3.05, 3.63) is 131 Å². The van der Waals surface area contributed by atoms with Crippen molar-refractivity contribution in [3.63, 3.8) is 0 Å². The predicted molar refractivity (Wildman–Crippen MR) is 190 cm³/mol. The third kappa shape index (κ3) is 5.06. The minimum atomic E-state index is 0.319. The molecule has 0 aliphatic rings. The van der Waals surface area contributed by atoms with E-state index in [-0.39, 0.29) is 0 Å².